The minimum atomic E-state index is -3.38. The summed E-state index contributed by atoms with van der Waals surface area (Å²) in [6.45, 7) is 0. The van der Waals surface area contributed by atoms with Gasteiger partial charge in [0, 0.05) is 41.0 Å². The summed E-state index contributed by atoms with van der Waals surface area (Å²) >= 11 is 0.867. The van der Waals surface area contributed by atoms with Crippen molar-refractivity contribution in [1.29, 1.82) is 0 Å². The Kier molecular flexibility index (Phi) is 19.5. The van der Waals surface area contributed by atoms with E-state index in [1.54, 1.807) is 6.26 Å². The quantitative estimate of drug-likeness (QED) is 0.0597. The fourth-order valence-electron chi connectivity index (χ4n) is 4.70. The van der Waals surface area contributed by atoms with Crippen LogP contribution in [0.5, 0.6) is 0 Å². The molecule has 0 heterocycles. The predicted octanol–water partition coefficient (Wildman–Crippen LogP) is 7.03. The SMILES string of the molecule is C1=CC(=C(c2ccc(Nc3ccccc3)cc2)c2ccc(Nc3ccccc3)cc2)C=CC1=Nc1ccccc1.CS(=O)(=O)ON.CS(=O)(=O)ON.CSOO[O-]. The Labute approximate surface area is 337 Å². The number of hydrogen-bond donors (Lipinski definition) is 4. The third-order valence-electron chi connectivity index (χ3n) is 7.09. The Morgan fingerprint density at radius 1 is 0.579 bits per heavy atom. The molecular formula is C40H42N5O9S3-. The first-order chi connectivity index (χ1) is 27.3. The lowest BCUT2D eigenvalue weighted by Crippen LogP contribution is -2.07. The van der Waals surface area contributed by atoms with Gasteiger partial charge in [-0.05, 0) is 95.1 Å². The van der Waals surface area contributed by atoms with Gasteiger partial charge in [-0.1, -0.05) is 91.0 Å². The predicted molar refractivity (Wildman–Crippen MR) is 226 cm³/mol. The van der Waals surface area contributed by atoms with Gasteiger partial charge in [0.15, 0.2) is 0 Å². The van der Waals surface area contributed by atoms with Gasteiger partial charge < -0.3 is 15.9 Å². The highest BCUT2D eigenvalue weighted by atomic mass is 32.2. The molecule has 17 heteroatoms. The van der Waals surface area contributed by atoms with Crippen molar-refractivity contribution in [3.05, 3.63) is 181 Å². The van der Waals surface area contributed by atoms with Gasteiger partial charge >= 0.3 is 0 Å². The van der Waals surface area contributed by atoms with Crippen LogP contribution in [0.2, 0.25) is 0 Å². The molecular weight excluding hydrogens is 791 g/mol. The fraction of sp³-hybridized carbons (Fsp3) is 0.0750. The average molecular weight is 833 g/mol. The van der Waals surface area contributed by atoms with E-state index in [1.165, 1.54) is 5.57 Å². The van der Waals surface area contributed by atoms with Crippen LogP contribution in [0.15, 0.2) is 174 Å². The molecule has 1 aliphatic carbocycles. The van der Waals surface area contributed by atoms with Crippen molar-refractivity contribution in [3.63, 3.8) is 0 Å². The lowest BCUT2D eigenvalue weighted by Gasteiger charge is -2.16. The summed E-state index contributed by atoms with van der Waals surface area (Å²) in [7, 11) is -6.77. The topological polar surface area (TPSA) is 217 Å². The fourth-order valence-corrected chi connectivity index (χ4v) is 4.75. The average Bonchev–Trinajstić information content (AvgIpc) is 3.22. The molecule has 0 spiro atoms. The summed E-state index contributed by atoms with van der Waals surface area (Å²) in [6.07, 6.45) is 11.8. The lowest BCUT2D eigenvalue weighted by atomic mass is 9.90. The molecule has 0 aliphatic heterocycles. The van der Waals surface area contributed by atoms with Crippen LogP contribution in [0, 0.1) is 0 Å². The van der Waals surface area contributed by atoms with E-state index >= 15 is 0 Å². The Morgan fingerprint density at radius 3 is 1.25 bits per heavy atom. The van der Waals surface area contributed by atoms with Gasteiger partial charge in [0.25, 0.3) is 20.2 Å². The monoisotopic (exact) mass is 832 g/mol. The zero-order valence-electron chi connectivity index (χ0n) is 31.1. The van der Waals surface area contributed by atoms with E-state index < -0.39 is 20.2 Å². The molecule has 5 aromatic carbocycles. The number of nitrogens with zero attached hydrogens (tertiary/aromatic N) is 1. The third kappa shape index (κ3) is 18.4. The van der Waals surface area contributed by atoms with Crippen LogP contribution < -0.4 is 27.7 Å². The summed E-state index contributed by atoms with van der Waals surface area (Å²) in [6, 6.07) is 47.7. The van der Waals surface area contributed by atoms with E-state index in [-0.39, 0.29) is 0 Å². The molecule has 14 nitrogen and oxygen atoms in total. The van der Waals surface area contributed by atoms with Gasteiger partial charge in [-0.25, -0.2) is 4.99 Å². The molecule has 300 valence electrons. The molecule has 0 bridgehead atoms. The largest absolute Gasteiger partial charge is 0.691 e. The minimum absolute atomic E-state index is 0.867. The van der Waals surface area contributed by atoms with Crippen molar-refractivity contribution >= 4 is 72.0 Å². The van der Waals surface area contributed by atoms with Crippen LogP contribution in [0.4, 0.5) is 28.4 Å². The molecule has 5 aromatic rings. The molecule has 0 fully saturated rings. The van der Waals surface area contributed by atoms with Crippen LogP contribution in [-0.2, 0) is 38.2 Å². The van der Waals surface area contributed by atoms with Crippen LogP contribution in [0.3, 0.4) is 0 Å². The zero-order chi connectivity index (χ0) is 41.5. The minimum Gasteiger partial charge on any atom is -0.691 e. The second kappa shape index (κ2) is 24.3. The van der Waals surface area contributed by atoms with Gasteiger partial charge in [0.05, 0.1) is 23.9 Å². The highest BCUT2D eigenvalue weighted by molar-refractivity contribution is 7.93. The Bertz CT molecular complexity index is 2150. The van der Waals surface area contributed by atoms with Crippen molar-refractivity contribution in [3.8, 4) is 0 Å². The van der Waals surface area contributed by atoms with Gasteiger partial charge in [-0.2, -0.15) is 41.5 Å². The van der Waals surface area contributed by atoms with Crippen molar-refractivity contribution in [2.45, 2.75) is 0 Å². The summed E-state index contributed by atoms with van der Waals surface area (Å²) in [5.74, 6) is 8.44. The maximum Gasteiger partial charge on any atom is 0.280 e. The number of nitrogens with two attached hydrogens (primary N) is 2. The van der Waals surface area contributed by atoms with Gasteiger partial charge in [-0.3, -0.25) is 5.04 Å². The van der Waals surface area contributed by atoms with E-state index in [4.69, 9.17) is 10.2 Å². The summed E-state index contributed by atoms with van der Waals surface area (Å²) in [5.41, 5.74) is 10.7. The first-order valence-corrected chi connectivity index (χ1v) is 21.4. The molecule has 0 amide bonds. The number of aliphatic imine (C=N–C) groups is 1. The van der Waals surface area contributed by atoms with Crippen molar-refractivity contribution in [2.75, 3.05) is 29.4 Å². The van der Waals surface area contributed by atoms with Gasteiger partial charge in [-0.15, -0.1) is 0 Å². The van der Waals surface area contributed by atoms with Crippen LogP contribution >= 0.6 is 12.0 Å². The molecule has 6 rings (SSSR count). The summed E-state index contributed by atoms with van der Waals surface area (Å²) in [4.78, 5) is 4.76. The van der Waals surface area contributed by atoms with E-state index in [0.29, 0.717) is 0 Å². The van der Waals surface area contributed by atoms with Crippen molar-refractivity contribution in [2.24, 2.45) is 16.8 Å². The number of allylic oxidation sites excluding steroid dienone is 5. The Morgan fingerprint density at radius 2 is 0.930 bits per heavy atom. The summed E-state index contributed by atoms with van der Waals surface area (Å²) < 4.78 is 49.1. The standard InChI is InChI=1S/C37H29N3.2CH5NO3S.CH4O3S/c1-4-10-31(11-5-1)38-34-22-16-28(17-23-34)37(29-18-24-35(25-19-29)39-32-12-6-2-7-13-32)30-20-26-36(27-21-30)40-33-14-8-3-9-15-33;2*1-6(3,4)5-2;1-5-4-3-2/h1-27,38-39H;2*2H2,1H3;2H,1H3/p-1. The Balaban J connectivity index is 0.000000431. The molecule has 0 saturated heterocycles. The van der Waals surface area contributed by atoms with E-state index in [2.05, 4.69) is 137 Å². The number of para-hydroxylation sites is 3. The highest BCUT2D eigenvalue weighted by Crippen LogP contribution is 2.32. The van der Waals surface area contributed by atoms with Gasteiger partial charge in [0.1, 0.15) is 0 Å². The smallest absolute Gasteiger partial charge is 0.280 e. The first-order valence-electron chi connectivity index (χ1n) is 16.6. The van der Waals surface area contributed by atoms with Crippen LogP contribution in [-0.4, -0.2) is 41.3 Å². The molecule has 0 atom stereocenters. The first kappa shape index (κ1) is 45.9. The van der Waals surface area contributed by atoms with Crippen LogP contribution in [0.25, 0.3) is 5.57 Å². The number of rotatable bonds is 11. The summed E-state index contributed by atoms with van der Waals surface area (Å²) in [5, 5.41) is 18.7. The maximum atomic E-state index is 9.65. The molecule has 0 aromatic heterocycles. The van der Waals surface area contributed by atoms with E-state index in [9.17, 15) is 16.8 Å². The van der Waals surface area contributed by atoms with Crippen molar-refractivity contribution in [1.82, 2.24) is 0 Å². The molecule has 0 radical (unpaired) electrons. The lowest BCUT2D eigenvalue weighted by molar-refractivity contribution is -0.777. The highest BCUT2D eigenvalue weighted by Gasteiger charge is 2.12. The van der Waals surface area contributed by atoms with Crippen LogP contribution in [0.1, 0.15) is 11.1 Å². The molecule has 1 aliphatic rings. The molecule has 6 N–H and O–H groups in total. The molecule has 57 heavy (non-hydrogen) atoms. The second-order valence-corrected chi connectivity index (χ2v) is 15.1. The Hall–Kier alpha value is -5.44. The number of hydrogen-bond acceptors (Lipinski definition) is 15. The normalized spacial score (nSPS) is 11.8. The number of benzene rings is 5. The zero-order valence-corrected chi connectivity index (χ0v) is 33.5. The third-order valence-corrected chi connectivity index (χ3v) is 7.98. The van der Waals surface area contributed by atoms with E-state index in [1.807, 2.05) is 66.7 Å². The molecule has 0 saturated carbocycles. The van der Waals surface area contributed by atoms with E-state index in [0.717, 1.165) is 75.4 Å². The number of nitrogens with one attached hydrogen (secondary N) is 2. The second-order valence-electron chi connectivity index (χ2n) is 11.4. The maximum absolute atomic E-state index is 9.65. The van der Waals surface area contributed by atoms with Crippen molar-refractivity contribution < 1.29 is 40.0 Å². The molecule has 0 unspecified atom stereocenters. The number of anilines is 4. The van der Waals surface area contributed by atoms with Gasteiger partial charge in [0.2, 0.25) is 0 Å².